The third kappa shape index (κ3) is 2.50. The van der Waals surface area contributed by atoms with Gasteiger partial charge in [-0.05, 0) is 55.2 Å². The summed E-state index contributed by atoms with van der Waals surface area (Å²) in [5.74, 6) is 1.66. The summed E-state index contributed by atoms with van der Waals surface area (Å²) < 4.78 is 0. The maximum absolute atomic E-state index is 12.4. The van der Waals surface area contributed by atoms with E-state index in [0.717, 1.165) is 52.6 Å². The Morgan fingerprint density at radius 1 is 1.36 bits per heavy atom. The number of benzene rings is 1. The van der Waals surface area contributed by atoms with Crippen LogP contribution < -0.4 is 4.90 Å². The number of anilines is 1. The molecule has 1 amide bonds. The van der Waals surface area contributed by atoms with Gasteiger partial charge in [0.2, 0.25) is 5.91 Å². The standard InChI is InChI=1S/C22H27N5O/c1-11(2)21(28)27(5)18-8-16-15(6-12(18)3)23-20(24-16)19-14-7-13-9-22(13,4)10-17(14)25-26-19/h6,8,11,13H,7,9-10H2,1-5H3,(H,23,24)(H,25,26)/t13-,22-/m1/s1. The van der Waals surface area contributed by atoms with Crippen LogP contribution in [0.15, 0.2) is 12.1 Å². The van der Waals surface area contributed by atoms with E-state index in [9.17, 15) is 4.79 Å². The predicted molar refractivity (Wildman–Crippen MR) is 110 cm³/mol. The van der Waals surface area contributed by atoms with E-state index in [4.69, 9.17) is 4.98 Å². The molecule has 2 atom stereocenters. The molecule has 0 bridgehead atoms. The summed E-state index contributed by atoms with van der Waals surface area (Å²) in [6, 6.07) is 4.07. The quantitative estimate of drug-likeness (QED) is 0.724. The lowest BCUT2D eigenvalue weighted by molar-refractivity contribution is -0.121. The number of aromatic amines is 2. The minimum absolute atomic E-state index is 0.0406. The van der Waals surface area contributed by atoms with Crippen molar-refractivity contribution in [1.82, 2.24) is 20.2 Å². The van der Waals surface area contributed by atoms with E-state index >= 15 is 0 Å². The Balaban J connectivity index is 1.54. The van der Waals surface area contributed by atoms with Gasteiger partial charge in [0, 0.05) is 29.9 Å². The lowest BCUT2D eigenvalue weighted by Gasteiger charge is -2.21. The number of hydrogen-bond donors (Lipinski definition) is 2. The van der Waals surface area contributed by atoms with E-state index in [1.54, 1.807) is 4.90 Å². The number of H-pyrrole nitrogens is 2. The molecule has 146 valence electrons. The van der Waals surface area contributed by atoms with Crippen LogP contribution in [0, 0.1) is 24.2 Å². The maximum Gasteiger partial charge on any atom is 0.229 e. The number of nitrogens with one attached hydrogen (secondary N) is 2. The number of carbonyl (C=O) groups is 1. The molecule has 0 aliphatic heterocycles. The van der Waals surface area contributed by atoms with Crippen molar-refractivity contribution in [2.45, 2.75) is 47.0 Å². The molecule has 3 aromatic rings. The zero-order chi connectivity index (χ0) is 19.8. The molecule has 2 aliphatic rings. The third-order valence-electron chi connectivity index (χ3n) is 6.73. The van der Waals surface area contributed by atoms with Crippen molar-refractivity contribution in [3.63, 3.8) is 0 Å². The molecule has 6 nitrogen and oxygen atoms in total. The zero-order valence-electron chi connectivity index (χ0n) is 17.2. The van der Waals surface area contributed by atoms with E-state index in [2.05, 4.69) is 22.1 Å². The number of amides is 1. The van der Waals surface area contributed by atoms with Crippen LogP contribution in [0.1, 0.15) is 44.0 Å². The van der Waals surface area contributed by atoms with Crippen LogP contribution in [0.4, 0.5) is 5.69 Å². The van der Waals surface area contributed by atoms with Crippen LogP contribution in [0.25, 0.3) is 22.6 Å². The summed E-state index contributed by atoms with van der Waals surface area (Å²) in [6.07, 6.45) is 3.49. The molecule has 0 spiro atoms. The van der Waals surface area contributed by atoms with Crippen LogP contribution in [-0.4, -0.2) is 33.1 Å². The SMILES string of the molecule is Cc1cc2nc(-c3n[nH]c4c3C[C@@H]3C[C@]3(C)C4)[nH]c2cc1N(C)C(=O)C(C)C. The zero-order valence-corrected chi connectivity index (χ0v) is 17.2. The summed E-state index contributed by atoms with van der Waals surface area (Å²) in [4.78, 5) is 22.4. The largest absolute Gasteiger partial charge is 0.337 e. The second-order valence-corrected chi connectivity index (χ2v) is 9.26. The van der Waals surface area contributed by atoms with E-state index in [0.29, 0.717) is 5.41 Å². The normalized spacial score (nSPS) is 23.0. The molecule has 1 saturated carbocycles. The first kappa shape index (κ1) is 17.5. The van der Waals surface area contributed by atoms with Crippen molar-refractivity contribution in [2.24, 2.45) is 17.3 Å². The highest BCUT2D eigenvalue weighted by Crippen LogP contribution is 2.59. The summed E-state index contributed by atoms with van der Waals surface area (Å²) in [7, 11) is 1.84. The van der Waals surface area contributed by atoms with Gasteiger partial charge in [0.15, 0.2) is 5.82 Å². The second kappa shape index (κ2) is 5.69. The van der Waals surface area contributed by atoms with Gasteiger partial charge in [0.1, 0.15) is 5.69 Å². The Morgan fingerprint density at radius 2 is 2.14 bits per heavy atom. The van der Waals surface area contributed by atoms with Crippen molar-refractivity contribution in [1.29, 1.82) is 0 Å². The lowest BCUT2D eigenvalue weighted by Crippen LogP contribution is -2.30. The highest BCUT2D eigenvalue weighted by Gasteiger charge is 2.53. The number of aromatic nitrogens is 4. The summed E-state index contributed by atoms with van der Waals surface area (Å²) >= 11 is 0. The summed E-state index contributed by atoms with van der Waals surface area (Å²) in [6.45, 7) is 8.25. The third-order valence-corrected chi connectivity index (χ3v) is 6.73. The monoisotopic (exact) mass is 377 g/mol. The van der Waals surface area contributed by atoms with Crippen molar-refractivity contribution >= 4 is 22.6 Å². The topological polar surface area (TPSA) is 77.7 Å². The Labute approximate surface area is 164 Å². The molecule has 0 unspecified atom stereocenters. The number of nitrogens with zero attached hydrogens (tertiary/aromatic N) is 3. The van der Waals surface area contributed by atoms with Crippen LogP contribution >= 0.6 is 0 Å². The van der Waals surface area contributed by atoms with E-state index in [-0.39, 0.29) is 11.8 Å². The van der Waals surface area contributed by atoms with Gasteiger partial charge in [-0.2, -0.15) is 5.10 Å². The second-order valence-electron chi connectivity index (χ2n) is 9.26. The fourth-order valence-electron chi connectivity index (χ4n) is 4.78. The van der Waals surface area contributed by atoms with E-state index in [1.807, 2.05) is 40.0 Å². The van der Waals surface area contributed by atoms with Gasteiger partial charge < -0.3 is 9.88 Å². The lowest BCUT2D eigenvalue weighted by atomic mass is 9.88. The smallest absolute Gasteiger partial charge is 0.229 e. The molecule has 2 aliphatic carbocycles. The molecule has 2 aromatic heterocycles. The number of hydrogen-bond acceptors (Lipinski definition) is 3. The summed E-state index contributed by atoms with van der Waals surface area (Å²) in [5, 5.41) is 7.85. The molecule has 1 fully saturated rings. The maximum atomic E-state index is 12.4. The fraction of sp³-hybridized carbons (Fsp3) is 0.500. The Morgan fingerprint density at radius 3 is 2.89 bits per heavy atom. The molecule has 0 saturated heterocycles. The molecule has 0 radical (unpaired) electrons. The molecule has 5 rings (SSSR count). The first-order valence-electron chi connectivity index (χ1n) is 10.1. The highest BCUT2D eigenvalue weighted by molar-refractivity contribution is 5.97. The van der Waals surface area contributed by atoms with Gasteiger partial charge in [-0.15, -0.1) is 0 Å². The average Bonchev–Trinajstić information content (AvgIpc) is 2.96. The number of fused-ring (bicyclic) bond motifs is 3. The molecule has 28 heavy (non-hydrogen) atoms. The van der Waals surface area contributed by atoms with Crippen LogP contribution in [0.3, 0.4) is 0 Å². The number of carbonyl (C=O) groups excluding carboxylic acids is 1. The molecular weight excluding hydrogens is 350 g/mol. The van der Waals surface area contributed by atoms with Crippen LogP contribution in [-0.2, 0) is 17.6 Å². The van der Waals surface area contributed by atoms with Gasteiger partial charge in [-0.25, -0.2) is 4.98 Å². The molecule has 1 aromatic carbocycles. The minimum Gasteiger partial charge on any atom is -0.337 e. The van der Waals surface area contributed by atoms with Crippen LogP contribution in [0.2, 0.25) is 0 Å². The van der Waals surface area contributed by atoms with Crippen molar-refractivity contribution in [2.75, 3.05) is 11.9 Å². The van der Waals surface area contributed by atoms with Gasteiger partial charge in [0.25, 0.3) is 0 Å². The summed E-state index contributed by atoms with van der Waals surface area (Å²) in [5.41, 5.74) is 7.82. The van der Waals surface area contributed by atoms with Gasteiger partial charge in [-0.3, -0.25) is 9.89 Å². The highest BCUT2D eigenvalue weighted by atomic mass is 16.2. The van der Waals surface area contributed by atoms with E-state index < -0.39 is 0 Å². The van der Waals surface area contributed by atoms with Gasteiger partial charge in [-0.1, -0.05) is 20.8 Å². The molecule has 6 heteroatoms. The predicted octanol–water partition coefficient (Wildman–Crippen LogP) is 4.01. The van der Waals surface area contributed by atoms with Gasteiger partial charge in [0.05, 0.1) is 11.0 Å². The number of imidazole rings is 1. The average molecular weight is 377 g/mol. The molecule has 2 N–H and O–H groups in total. The first-order valence-corrected chi connectivity index (χ1v) is 10.1. The van der Waals surface area contributed by atoms with Crippen molar-refractivity contribution in [3.8, 4) is 11.5 Å². The first-order chi connectivity index (χ1) is 13.3. The number of aryl methyl sites for hydroxylation is 1. The molecular formula is C22H27N5O. The van der Waals surface area contributed by atoms with Crippen molar-refractivity contribution in [3.05, 3.63) is 29.0 Å². The van der Waals surface area contributed by atoms with E-state index in [1.165, 1.54) is 17.7 Å². The van der Waals surface area contributed by atoms with Crippen molar-refractivity contribution < 1.29 is 4.79 Å². The number of rotatable bonds is 3. The van der Waals surface area contributed by atoms with Gasteiger partial charge >= 0.3 is 0 Å². The Bertz CT molecular complexity index is 1110. The Kier molecular flexibility index (Phi) is 3.55. The molecule has 2 heterocycles. The Hall–Kier alpha value is -2.63. The minimum atomic E-state index is -0.0406. The van der Waals surface area contributed by atoms with Crippen LogP contribution in [0.5, 0.6) is 0 Å². The fourth-order valence-corrected chi connectivity index (χ4v) is 4.78.